The highest BCUT2D eigenvalue weighted by Gasteiger charge is 2.20. The number of likely N-dealkylation sites (N-methyl/N-ethyl adjacent to an activating group) is 1. The number of rotatable bonds is 5. The third-order valence-corrected chi connectivity index (χ3v) is 4.21. The van der Waals surface area contributed by atoms with Gasteiger partial charge in [0.25, 0.3) is 0 Å². The van der Waals surface area contributed by atoms with E-state index < -0.39 is 0 Å². The Kier molecular flexibility index (Phi) is 4.34. The molecule has 1 aromatic carbocycles. The van der Waals surface area contributed by atoms with Crippen LogP contribution in [0, 0.1) is 0 Å². The molecule has 0 atom stereocenters. The average Bonchev–Trinajstić information content (AvgIpc) is 2.58. The number of benzene rings is 1. The summed E-state index contributed by atoms with van der Waals surface area (Å²) in [7, 11) is 5.23. The molecule has 0 saturated carbocycles. The fraction of sp³-hybridized carbons (Fsp3) is 0.412. The molecule has 0 aliphatic carbocycles. The predicted octanol–water partition coefficient (Wildman–Crippen LogP) is 1.56. The van der Waals surface area contributed by atoms with Crippen molar-refractivity contribution in [3.05, 3.63) is 40.3 Å². The number of ether oxygens (including phenoxy) is 2. The van der Waals surface area contributed by atoms with Crippen molar-refractivity contribution in [2.24, 2.45) is 0 Å². The summed E-state index contributed by atoms with van der Waals surface area (Å²) in [5.74, 6) is 1.51. The summed E-state index contributed by atoms with van der Waals surface area (Å²) in [4.78, 5) is 18.5. The zero-order valence-corrected chi connectivity index (χ0v) is 13.7. The third-order valence-electron chi connectivity index (χ3n) is 4.21. The van der Waals surface area contributed by atoms with E-state index in [0.717, 1.165) is 23.4 Å². The normalized spacial score (nSPS) is 12.5. The summed E-state index contributed by atoms with van der Waals surface area (Å²) in [6.07, 6.45) is 0.806. The fourth-order valence-electron chi connectivity index (χ4n) is 2.86. The molecule has 122 valence electrons. The lowest BCUT2D eigenvalue weighted by molar-refractivity contribution is 0.206. The van der Waals surface area contributed by atoms with Crippen molar-refractivity contribution in [1.82, 2.24) is 9.55 Å². The molecule has 0 spiro atoms. The molecule has 2 aromatic rings. The van der Waals surface area contributed by atoms with Gasteiger partial charge in [-0.15, -0.1) is 0 Å². The van der Waals surface area contributed by atoms with Crippen molar-refractivity contribution in [3.8, 4) is 17.0 Å². The van der Waals surface area contributed by atoms with E-state index in [4.69, 9.17) is 9.47 Å². The Balaban J connectivity index is 2.05. The molecule has 1 aliphatic rings. The molecule has 3 rings (SSSR count). The standard InChI is InChI=1S/C17H21N3O3/c1-19(8-9-22-2)16-11-15-14-5-4-13(23-3)10-12(14)6-7-20(15)17(21)18-16/h4-5,10-11H,6-9H2,1-3H3. The van der Waals surface area contributed by atoms with Gasteiger partial charge >= 0.3 is 5.69 Å². The van der Waals surface area contributed by atoms with Gasteiger partial charge in [0.2, 0.25) is 0 Å². The lowest BCUT2D eigenvalue weighted by Gasteiger charge is -2.24. The fourth-order valence-corrected chi connectivity index (χ4v) is 2.86. The van der Waals surface area contributed by atoms with Gasteiger partial charge in [-0.05, 0) is 30.2 Å². The second-order valence-electron chi connectivity index (χ2n) is 5.62. The van der Waals surface area contributed by atoms with Gasteiger partial charge in [-0.2, -0.15) is 4.98 Å². The Labute approximate surface area is 135 Å². The highest BCUT2D eigenvalue weighted by atomic mass is 16.5. The zero-order valence-electron chi connectivity index (χ0n) is 13.7. The van der Waals surface area contributed by atoms with Crippen LogP contribution in [0.25, 0.3) is 11.3 Å². The second-order valence-corrected chi connectivity index (χ2v) is 5.62. The first-order chi connectivity index (χ1) is 11.1. The number of anilines is 1. The van der Waals surface area contributed by atoms with Gasteiger partial charge in [-0.25, -0.2) is 4.79 Å². The van der Waals surface area contributed by atoms with Crippen molar-refractivity contribution >= 4 is 5.82 Å². The molecule has 23 heavy (non-hydrogen) atoms. The van der Waals surface area contributed by atoms with E-state index in [-0.39, 0.29) is 5.69 Å². The molecular weight excluding hydrogens is 294 g/mol. The van der Waals surface area contributed by atoms with Crippen molar-refractivity contribution in [3.63, 3.8) is 0 Å². The number of aryl methyl sites for hydroxylation is 1. The van der Waals surface area contributed by atoms with Crippen LogP contribution in [0.2, 0.25) is 0 Å². The number of hydrogen-bond acceptors (Lipinski definition) is 5. The molecule has 0 unspecified atom stereocenters. The van der Waals surface area contributed by atoms with Crippen LogP contribution in [0.1, 0.15) is 5.56 Å². The summed E-state index contributed by atoms with van der Waals surface area (Å²) >= 11 is 0. The van der Waals surface area contributed by atoms with Crippen LogP contribution in [-0.2, 0) is 17.7 Å². The molecule has 0 fully saturated rings. The number of hydrogen-bond donors (Lipinski definition) is 0. The largest absolute Gasteiger partial charge is 0.497 e. The van der Waals surface area contributed by atoms with Crippen LogP contribution in [-0.4, -0.2) is 44.0 Å². The van der Waals surface area contributed by atoms with Crippen molar-refractivity contribution < 1.29 is 9.47 Å². The lowest BCUT2D eigenvalue weighted by atomic mass is 9.97. The average molecular weight is 315 g/mol. The van der Waals surface area contributed by atoms with Crippen LogP contribution in [0.15, 0.2) is 29.1 Å². The second kappa shape index (κ2) is 6.42. The maximum Gasteiger partial charge on any atom is 0.349 e. The zero-order chi connectivity index (χ0) is 16.4. The third kappa shape index (κ3) is 2.94. The first-order valence-electron chi connectivity index (χ1n) is 7.63. The maximum atomic E-state index is 12.4. The topological polar surface area (TPSA) is 56.6 Å². The van der Waals surface area contributed by atoms with Crippen LogP contribution in [0.4, 0.5) is 5.82 Å². The summed E-state index contributed by atoms with van der Waals surface area (Å²) in [6, 6.07) is 7.95. The van der Waals surface area contributed by atoms with E-state index in [0.29, 0.717) is 25.5 Å². The van der Waals surface area contributed by atoms with Crippen molar-refractivity contribution in [1.29, 1.82) is 0 Å². The van der Waals surface area contributed by atoms with E-state index in [1.807, 2.05) is 36.2 Å². The summed E-state index contributed by atoms with van der Waals surface area (Å²) in [5, 5.41) is 0. The first-order valence-corrected chi connectivity index (χ1v) is 7.63. The summed E-state index contributed by atoms with van der Waals surface area (Å²) in [6.45, 7) is 1.91. The summed E-state index contributed by atoms with van der Waals surface area (Å²) in [5.41, 5.74) is 2.97. The Morgan fingerprint density at radius 1 is 1.30 bits per heavy atom. The monoisotopic (exact) mass is 315 g/mol. The minimum absolute atomic E-state index is 0.205. The van der Waals surface area contributed by atoms with Gasteiger partial charge in [0.1, 0.15) is 11.6 Å². The van der Waals surface area contributed by atoms with Gasteiger partial charge in [0.05, 0.1) is 19.4 Å². The van der Waals surface area contributed by atoms with E-state index in [9.17, 15) is 4.79 Å². The first kappa shape index (κ1) is 15.6. The minimum atomic E-state index is -0.205. The van der Waals surface area contributed by atoms with Crippen molar-refractivity contribution in [2.45, 2.75) is 13.0 Å². The SMILES string of the molecule is COCCN(C)c1cc2n(c(=O)n1)CCc1cc(OC)ccc1-2. The minimum Gasteiger partial charge on any atom is -0.497 e. The highest BCUT2D eigenvalue weighted by molar-refractivity contribution is 5.69. The molecule has 0 radical (unpaired) electrons. The molecule has 0 amide bonds. The van der Waals surface area contributed by atoms with Gasteiger partial charge in [-0.3, -0.25) is 4.57 Å². The van der Waals surface area contributed by atoms with E-state index >= 15 is 0 Å². The van der Waals surface area contributed by atoms with Crippen LogP contribution >= 0.6 is 0 Å². The Morgan fingerprint density at radius 3 is 2.87 bits per heavy atom. The van der Waals surface area contributed by atoms with Gasteiger partial charge < -0.3 is 14.4 Å². The summed E-state index contributed by atoms with van der Waals surface area (Å²) < 4.78 is 12.1. The molecule has 0 N–H and O–H groups in total. The molecule has 1 aliphatic heterocycles. The van der Waals surface area contributed by atoms with Crippen LogP contribution in [0.3, 0.4) is 0 Å². The number of methoxy groups -OCH3 is 2. The smallest absolute Gasteiger partial charge is 0.349 e. The van der Waals surface area contributed by atoms with E-state index in [2.05, 4.69) is 4.98 Å². The quantitative estimate of drug-likeness (QED) is 0.838. The molecule has 0 saturated heterocycles. The maximum absolute atomic E-state index is 12.4. The number of nitrogens with zero attached hydrogens (tertiary/aromatic N) is 3. The van der Waals surface area contributed by atoms with Gasteiger partial charge in [-0.1, -0.05) is 0 Å². The van der Waals surface area contributed by atoms with E-state index in [1.165, 1.54) is 5.56 Å². The molecular formula is C17H21N3O3. The number of fused-ring (bicyclic) bond motifs is 3. The predicted molar refractivity (Wildman–Crippen MR) is 89.3 cm³/mol. The molecule has 2 heterocycles. The molecule has 6 nitrogen and oxygen atoms in total. The molecule has 1 aromatic heterocycles. The van der Waals surface area contributed by atoms with Gasteiger partial charge in [0.15, 0.2) is 0 Å². The number of aromatic nitrogens is 2. The lowest BCUT2D eigenvalue weighted by Crippen LogP contribution is -2.32. The Bertz CT molecular complexity index is 770. The van der Waals surface area contributed by atoms with Gasteiger partial charge in [0, 0.05) is 38.9 Å². The molecule has 6 heteroatoms. The van der Waals surface area contributed by atoms with Crippen LogP contribution in [0.5, 0.6) is 5.75 Å². The van der Waals surface area contributed by atoms with Crippen molar-refractivity contribution in [2.75, 3.05) is 39.3 Å². The Hall–Kier alpha value is -2.34. The van der Waals surface area contributed by atoms with E-state index in [1.54, 1.807) is 18.8 Å². The highest BCUT2D eigenvalue weighted by Crippen LogP contribution is 2.32. The van der Waals surface area contributed by atoms with Crippen LogP contribution < -0.4 is 15.3 Å². The molecule has 0 bridgehead atoms. The Morgan fingerprint density at radius 2 is 2.13 bits per heavy atom.